The summed E-state index contributed by atoms with van der Waals surface area (Å²) in [6.07, 6.45) is 5.65. The van der Waals surface area contributed by atoms with Crippen LogP contribution < -0.4 is 0 Å². The highest BCUT2D eigenvalue weighted by Crippen LogP contribution is 2.46. The Hall–Kier alpha value is -0.160. The molecule has 4 saturated heterocycles. The van der Waals surface area contributed by atoms with E-state index in [0.29, 0.717) is 24.0 Å². The first kappa shape index (κ1) is 16.3. The van der Waals surface area contributed by atoms with E-state index in [0.717, 1.165) is 25.7 Å². The largest absolute Gasteiger partial charge is 0.372 e. The Bertz CT molecular complexity index is 455. The second kappa shape index (κ2) is 5.69. The van der Waals surface area contributed by atoms with Crippen LogP contribution in [0.25, 0.3) is 0 Å². The number of hydrogen-bond acceptors (Lipinski definition) is 4. The Balaban J connectivity index is 1.49. The molecule has 0 bridgehead atoms. The van der Waals surface area contributed by atoms with Gasteiger partial charge in [-0.2, -0.15) is 0 Å². The Labute approximate surface area is 140 Å². The zero-order valence-electron chi connectivity index (χ0n) is 15.2. The number of fused-ring (bicyclic) bond motifs is 3. The van der Waals surface area contributed by atoms with Gasteiger partial charge in [0.15, 0.2) is 0 Å². The smallest absolute Gasteiger partial charge is 0.0924 e. The standard InChI is InChI=1S/C19H32O4/c1-10-6-14-15(20-12(10)3)7-17-16(22-14)8-18-19(5,23-17)9-11(2)13(4)21-18/h10-18H,6-9H2,1-5H3/t10-,11-,12+,13+,14+,15-,16-,17+,18+,19-/m0/s1. The molecule has 132 valence electrons. The van der Waals surface area contributed by atoms with E-state index in [2.05, 4.69) is 34.6 Å². The number of rotatable bonds is 0. The van der Waals surface area contributed by atoms with E-state index >= 15 is 0 Å². The highest BCUT2D eigenvalue weighted by atomic mass is 16.6. The molecule has 4 rings (SSSR count). The molecular formula is C19H32O4. The van der Waals surface area contributed by atoms with Crippen molar-refractivity contribution in [3.8, 4) is 0 Å². The third kappa shape index (κ3) is 2.76. The lowest BCUT2D eigenvalue weighted by Gasteiger charge is -2.56. The Morgan fingerprint density at radius 3 is 2.13 bits per heavy atom. The molecule has 0 radical (unpaired) electrons. The Morgan fingerprint density at radius 1 is 0.696 bits per heavy atom. The molecule has 0 N–H and O–H groups in total. The van der Waals surface area contributed by atoms with E-state index in [1.165, 1.54) is 0 Å². The third-order valence-electron chi connectivity index (χ3n) is 6.89. The van der Waals surface area contributed by atoms with Crippen molar-refractivity contribution < 1.29 is 18.9 Å². The molecule has 23 heavy (non-hydrogen) atoms. The average Bonchev–Trinajstić information content (AvgIpc) is 2.47. The van der Waals surface area contributed by atoms with Gasteiger partial charge in [-0.25, -0.2) is 0 Å². The minimum Gasteiger partial charge on any atom is -0.372 e. The van der Waals surface area contributed by atoms with Crippen LogP contribution >= 0.6 is 0 Å². The van der Waals surface area contributed by atoms with E-state index in [1.807, 2.05) is 0 Å². The van der Waals surface area contributed by atoms with Gasteiger partial charge in [0.1, 0.15) is 0 Å². The van der Waals surface area contributed by atoms with Crippen molar-refractivity contribution in [3.05, 3.63) is 0 Å². The van der Waals surface area contributed by atoms with Crippen molar-refractivity contribution in [2.75, 3.05) is 0 Å². The highest BCUT2D eigenvalue weighted by molar-refractivity contribution is 5.03. The van der Waals surface area contributed by atoms with Crippen molar-refractivity contribution in [1.82, 2.24) is 0 Å². The van der Waals surface area contributed by atoms with E-state index in [1.54, 1.807) is 0 Å². The normalized spacial score (nSPS) is 59.6. The molecule has 0 unspecified atom stereocenters. The minimum atomic E-state index is -0.170. The molecular weight excluding hydrogens is 292 g/mol. The quantitative estimate of drug-likeness (QED) is 0.685. The topological polar surface area (TPSA) is 36.9 Å². The van der Waals surface area contributed by atoms with Gasteiger partial charge in [-0.1, -0.05) is 13.8 Å². The fraction of sp³-hybridized carbons (Fsp3) is 1.00. The number of ether oxygens (including phenoxy) is 4. The van der Waals surface area contributed by atoms with Gasteiger partial charge in [-0.15, -0.1) is 0 Å². The fourth-order valence-corrected chi connectivity index (χ4v) is 5.04. The molecule has 0 aromatic heterocycles. The summed E-state index contributed by atoms with van der Waals surface area (Å²) in [5, 5.41) is 0. The molecule has 0 aromatic carbocycles. The molecule has 0 spiro atoms. The van der Waals surface area contributed by atoms with Crippen molar-refractivity contribution >= 4 is 0 Å². The monoisotopic (exact) mass is 324 g/mol. The van der Waals surface area contributed by atoms with Gasteiger partial charge < -0.3 is 18.9 Å². The first-order chi connectivity index (χ1) is 10.9. The maximum atomic E-state index is 6.58. The summed E-state index contributed by atoms with van der Waals surface area (Å²) in [4.78, 5) is 0. The van der Waals surface area contributed by atoms with Crippen molar-refractivity contribution in [3.63, 3.8) is 0 Å². The van der Waals surface area contributed by atoms with Crippen LogP contribution in [0.1, 0.15) is 60.3 Å². The van der Waals surface area contributed by atoms with Gasteiger partial charge in [-0.05, 0) is 45.4 Å². The van der Waals surface area contributed by atoms with Crippen LogP contribution in [0.15, 0.2) is 0 Å². The Kier molecular flexibility index (Phi) is 4.03. The maximum absolute atomic E-state index is 6.58. The molecule has 4 aliphatic heterocycles. The second-order valence-electron chi connectivity index (χ2n) is 8.76. The lowest BCUT2D eigenvalue weighted by Crippen LogP contribution is -2.64. The molecule has 4 nitrogen and oxygen atoms in total. The van der Waals surface area contributed by atoms with Crippen LogP contribution in [-0.4, -0.2) is 48.3 Å². The molecule has 4 heterocycles. The van der Waals surface area contributed by atoms with Crippen molar-refractivity contribution in [2.24, 2.45) is 11.8 Å². The van der Waals surface area contributed by atoms with Gasteiger partial charge in [0, 0.05) is 12.8 Å². The summed E-state index contributed by atoms with van der Waals surface area (Å²) in [5.74, 6) is 1.10. The second-order valence-corrected chi connectivity index (χ2v) is 8.76. The molecule has 0 saturated carbocycles. The van der Waals surface area contributed by atoms with Crippen molar-refractivity contribution in [1.29, 1.82) is 0 Å². The summed E-state index contributed by atoms with van der Waals surface area (Å²) in [6, 6.07) is 0. The van der Waals surface area contributed by atoms with E-state index in [4.69, 9.17) is 18.9 Å². The Morgan fingerprint density at radius 2 is 1.35 bits per heavy atom. The van der Waals surface area contributed by atoms with Gasteiger partial charge in [0.05, 0.1) is 48.3 Å². The average molecular weight is 324 g/mol. The van der Waals surface area contributed by atoms with Crippen LogP contribution in [0.3, 0.4) is 0 Å². The SMILES string of the molecule is C[C@H]1C[C@H]2O[C@H]3C[C@H]4O[C@H](C)[C@@H](C)C[C@]4(C)O[C@@H]3C[C@@H]2O[C@@H]1C. The van der Waals surface area contributed by atoms with E-state index < -0.39 is 0 Å². The van der Waals surface area contributed by atoms with Gasteiger partial charge in [-0.3, -0.25) is 0 Å². The lowest BCUT2D eigenvalue weighted by atomic mass is 9.76. The molecule has 0 aliphatic carbocycles. The van der Waals surface area contributed by atoms with E-state index in [9.17, 15) is 0 Å². The molecule has 10 atom stereocenters. The molecule has 4 fully saturated rings. The molecule has 4 heteroatoms. The molecule has 0 aromatic rings. The van der Waals surface area contributed by atoms with Crippen LogP contribution in [0.5, 0.6) is 0 Å². The maximum Gasteiger partial charge on any atom is 0.0924 e. The van der Waals surface area contributed by atoms with Gasteiger partial charge in [0.25, 0.3) is 0 Å². The third-order valence-corrected chi connectivity index (χ3v) is 6.89. The van der Waals surface area contributed by atoms with Crippen LogP contribution in [0.4, 0.5) is 0 Å². The summed E-state index contributed by atoms with van der Waals surface area (Å²) >= 11 is 0. The molecule has 0 amide bonds. The van der Waals surface area contributed by atoms with Gasteiger partial charge in [0.2, 0.25) is 0 Å². The first-order valence-electron chi connectivity index (χ1n) is 9.50. The first-order valence-corrected chi connectivity index (χ1v) is 9.50. The predicted molar refractivity (Wildman–Crippen MR) is 87.4 cm³/mol. The van der Waals surface area contributed by atoms with Crippen LogP contribution in [0.2, 0.25) is 0 Å². The molecule has 4 aliphatic rings. The van der Waals surface area contributed by atoms with E-state index in [-0.39, 0.29) is 36.1 Å². The van der Waals surface area contributed by atoms with Gasteiger partial charge >= 0.3 is 0 Å². The highest BCUT2D eigenvalue weighted by Gasteiger charge is 2.55. The zero-order valence-corrected chi connectivity index (χ0v) is 15.2. The summed E-state index contributed by atoms with van der Waals surface area (Å²) in [5.41, 5.74) is -0.170. The van der Waals surface area contributed by atoms with Crippen molar-refractivity contribution in [2.45, 2.75) is 109 Å². The summed E-state index contributed by atoms with van der Waals surface area (Å²) < 4.78 is 25.5. The van der Waals surface area contributed by atoms with Crippen LogP contribution in [-0.2, 0) is 18.9 Å². The lowest BCUT2D eigenvalue weighted by molar-refractivity contribution is -0.319. The minimum absolute atomic E-state index is 0.155. The predicted octanol–water partition coefficient (Wildman–Crippen LogP) is 3.32. The summed E-state index contributed by atoms with van der Waals surface area (Å²) in [7, 11) is 0. The zero-order chi connectivity index (χ0) is 16.4. The summed E-state index contributed by atoms with van der Waals surface area (Å²) in [6.45, 7) is 11.1. The fourth-order valence-electron chi connectivity index (χ4n) is 5.04. The van der Waals surface area contributed by atoms with Crippen LogP contribution in [0, 0.1) is 11.8 Å². The number of hydrogen-bond donors (Lipinski definition) is 0.